The van der Waals surface area contributed by atoms with E-state index in [1.807, 2.05) is 13.0 Å². The number of fused-ring (bicyclic) bond motifs is 1. The van der Waals surface area contributed by atoms with Gasteiger partial charge in [0, 0.05) is 19.1 Å². The summed E-state index contributed by atoms with van der Waals surface area (Å²) in [5, 5.41) is 18.1. The molecule has 2 amide bonds. The number of carboxylic acid groups (broad SMARTS) is 1. The Kier molecular flexibility index (Phi) is 5.05. The van der Waals surface area contributed by atoms with Crippen LogP contribution in [0.3, 0.4) is 0 Å². The van der Waals surface area contributed by atoms with Crippen LogP contribution in [0.25, 0.3) is 0 Å². The highest BCUT2D eigenvalue weighted by atomic mass is 16.4. The molecule has 3 unspecified atom stereocenters. The van der Waals surface area contributed by atoms with Gasteiger partial charge in [-0.05, 0) is 32.1 Å². The number of nitriles is 1. The lowest BCUT2D eigenvalue weighted by Crippen LogP contribution is -2.52. The fourth-order valence-electron chi connectivity index (χ4n) is 3.69. The number of carboxylic acids is 1. The van der Waals surface area contributed by atoms with Crippen molar-refractivity contribution in [2.75, 3.05) is 13.1 Å². The fraction of sp³-hybridized carbons (Fsp3) is 0.800. The van der Waals surface area contributed by atoms with Crippen LogP contribution in [0.5, 0.6) is 0 Å². The van der Waals surface area contributed by atoms with Crippen LogP contribution in [0.15, 0.2) is 0 Å². The summed E-state index contributed by atoms with van der Waals surface area (Å²) in [4.78, 5) is 27.4. The minimum atomic E-state index is -0.908. The summed E-state index contributed by atoms with van der Waals surface area (Å²) >= 11 is 0. The van der Waals surface area contributed by atoms with Gasteiger partial charge in [0.05, 0.1) is 12.5 Å². The van der Waals surface area contributed by atoms with Gasteiger partial charge >= 0.3 is 12.0 Å². The molecule has 2 rings (SSSR count). The highest BCUT2D eigenvalue weighted by Crippen LogP contribution is 2.40. The van der Waals surface area contributed by atoms with Crippen molar-refractivity contribution >= 4 is 12.0 Å². The highest BCUT2D eigenvalue weighted by molar-refractivity contribution is 5.84. The number of hydrogen-bond acceptors (Lipinski definition) is 3. The Hall–Kier alpha value is -1.77. The summed E-state index contributed by atoms with van der Waals surface area (Å²) in [6.45, 7) is 2.73. The monoisotopic (exact) mass is 293 g/mol. The minimum absolute atomic E-state index is 0.0588. The predicted molar refractivity (Wildman–Crippen MR) is 76.5 cm³/mol. The molecule has 1 heterocycles. The molecule has 1 aliphatic carbocycles. The summed E-state index contributed by atoms with van der Waals surface area (Å²) in [7, 11) is 0. The van der Waals surface area contributed by atoms with E-state index >= 15 is 0 Å². The first-order valence-corrected chi connectivity index (χ1v) is 7.77. The summed E-state index contributed by atoms with van der Waals surface area (Å²) in [5.41, 5.74) is 0. The maximum absolute atomic E-state index is 12.7. The van der Waals surface area contributed by atoms with E-state index in [1.165, 1.54) is 0 Å². The van der Waals surface area contributed by atoms with Gasteiger partial charge in [-0.1, -0.05) is 12.8 Å². The molecule has 21 heavy (non-hydrogen) atoms. The van der Waals surface area contributed by atoms with Crippen molar-refractivity contribution in [3.8, 4) is 6.07 Å². The van der Waals surface area contributed by atoms with Crippen molar-refractivity contribution in [3.05, 3.63) is 0 Å². The number of aliphatic carboxylic acids is 1. The van der Waals surface area contributed by atoms with Gasteiger partial charge in [-0.2, -0.15) is 5.26 Å². The number of carbonyl (C=O) groups is 2. The van der Waals surface area contributed by atoms with Gasteiger partial charge in [-0.15, -0.1) is 0 Å². The van der Waals surface area contributed by atoms with Crippen molar-refractivity contribution in [2.24, 2.45) is 5.92 Å². The number of likely N-dealkylation sites (tertiary alicyclic amines) is 1. The molecule has 0 aromatic heterocycles. The lowest BCUT2D eigenvalue weighted by atomic mass is 9.85. The number of amides is 2. The standard InChI is InChI=1S/C15H23N3O3/c1-2-17(9-5-8-16)15(21)18-12-7-4-3-6-11(12)10-13(18)14(19)20/h11-13H,2-7,9-10H2,1H3,(H,19,20). The number of nitrogens with zero attached hydrogens (tertiary/aromatic N) is 3. The second-order valence-corrected chi connectivity index (χ2v) is 5.88. The summed E-state index contributed by atoms with van der Waals surface area (Å²) in [6.07, 6.45) is 4.95. The van der Waals surface area contributed by atoms with E-state index in [0.29, 0.717) is 25.4 Å². The molecule has 1 N–H and O–H groups in total. The van der Waals surface area contributed by atoms with E-state index in [-0.39, 0.29) is 18.5 Å². The van der Waals surface area contributed by atoms with Gasteiger partial charge in [-0.3, -0.25) is 0 Å². The molecule has 0 spiro atoms. The van der Waals surface area contributed by atoms with Gasteiger partial charge in [0.15, 0.2) is 0 Å². The van der Waals surface area contributed by atoms with E-state index in [2.05, 4.69) is 0 Å². The van der Waals surface area contributed by atoms with Crippen LogP contribution in [0.2, 0.25) is 0 Å². The first-order chi connectivity index (χ1) is 10.1. The Morgan fingerprint density at radius 1 is 1.38 bits per heavy atom. The van der Waals surface area contributed by atoms with Crippen molar-refractivity contribution in [1.82, 2.24) is 9.80 Å². The molecule has 6 nitrogen and oxygen atoms in total. The second-order valence-electron chi connectivity index (χ2n) is 5.88. The van der Waals surface area contributed by atoms with Crippen molar-refractivity contribution in [1.29, 1.82) is 5.26 Å². The van der Waals surface area contributed by atoms with Crippen LogP contribution in [0.1, 0.15) is 45.4 Å². The van der Waals surface area contributed by atoms with E-state index < -0.39 is 12.0 Å². The van der Waals surface area contributed by atoms with Crippen LogP contribution in [0.4, 0.5) is 4.79 Å². The minimum Gasteiger partial charge on any atom is -0.480 e. The number of hydrogen-bond donors (Lipinski definition) is 1. The predicted octanol–water partition coefficient (Wildman–Crippen LogP) is 2.06. The summed E-state index contributed by atoms with van der Waals surface area (Å²) < 4.78 is 0. The van der Waals surface area contributed by atoms with Gasteiger partial charge in [-0.25, -0.2) is 9.59 Å². The average molecular weight is 293 g/mol. The largest absolute Gasteiger partial charge is 0.480 e. The van der Waals surface area contributed by atoms with E-state index in [1.54, 1.807) is 9.80 Å². The Morgan fingerprint density at radius 3 is 2.71 bits per heavy atom. The molecule has 0 radical (unpaired) electrons. The zero-order valence-electron chi connectivity index (χ0n) is 12.5. The quantitative estimate of drug-likeness (QED) is 0.859. The molecular weight excluding hydrogens is 270 g/mol. The molecule has 1 saturated heterocycles. The average Bonchev–Trinajstić information content (AvgIpc) is 2.87. The van der Waals surface area contributed by atoms with Crippen LogP contribution in [0, 0.1) is 17.2 Å². The Bertz CT molecular complexity index is 446. The molecule has 0 bridgehead atoms. The molecule has 1 saturated carbocycles. The third-order valence-corrected chi connectivity index (χ3v) is 4.74. The number of rotatable bonds is 4. The van der Waals surface area contributed by atoms with Gasteiger partial charge in [0.1, 0.15) is 6.04 Å². The fourth-order valence-corrected chi connectivity index (χ4v) is 3.69. The molecule has 2 fully saturated rings. The summed E-state index contributed by atoms with van der Waals surface area (Å²) in [5.74, 6) is -0.590. The highest BCUT2D eigenvalue weighted by Gasteiger charge is 2.48. The van der Waals surface area contributed by atoms with Crippen LogP contribution in [-0.2, 0) is 4.79 Å². The normalized spacial score (nSPS) is 27.8. The SMILES string of the molecule is CCN(CCC#N)C(=O)N1C(C(=O)O)CC2CCCCC21. The lowest BCUT2D eigenvalue weighted by molar-refractivity contribution is -0.141. The van der Waals surface area contributed by atoms with Gasteiger partial charge in [0.25, 0.3) is 0 Å². The number of urea groups is 1. The number of carbonyl (C=O) groups excluding carboxylic acids is 1. The molecule has 0 aromatic carbocycles. The van der Waals surface area contributed by atoms with Crippen molar-refractivity contribution in [3.63, 3.8) is 0 Å². The van der Waals surface area contributed by atoms with Crippen LogP contribution >= 0.6 is 0 Å². The van der Waals surface area contributed by atoms with Crippen molar-refractivity contribution < 1.29 is 14.7 Å². The van der Waals surface area contributed by atoms with E-state index in [4.69, 9.17) is 5.26 Å². The maximum Gasteiger partial charge on any atom is 0.326 e. The molecule has 6 heteroatoms. The smallest absolute Gasteiger partial charge is 0.326 e. The molecule has 0 aromatic rings. The first-order valence-electron chi connectivity index (χ1n) is 7.77. The topological polar surface area (TPSA) is 84.6 Å². The third kappa shape index (κ3) is 3.12. The molecule has 3 atom stereocenters. The molecule has 2 aliphatic rings. The molecule has 116 valence electrons. The third-order valence-electron chi connectivity index (χ3n) is 4.74. The Labute approximate surface area is 125 Å². The van der Waals surface area contributed by atoms with Crippen LogP contribution in [-0.4, -0.2) is 52.1 Å². The zero-order valence-corrected chi connectivity index (χ0v) is 12.5. The van der Waals surface area contributed by atoms with E-state index in [9.17, 15) is 14.7 Å². The molecule has 1 aliphatic heterocycles. The van der Waals surface area contributed by atoms with Gasteiger partial charge < -0.3 is 14.9 Å². The van der Waals surface area contributed by atoms with Crippen LogP contribution < -0.4 is 0 Å². The zero-order chi connectivity index (χ0) is 15.4. The maximum atomic E-state index is 12.7. The van der Waals surface area contributed by atoms with E-state index in [0.717, 1.165) is 25.7 Å². The molecular formula is C15H23N3O3. The Morgan fingerprint density at radius 2 is 2.10 bits per heavy atom. The summed E-state index contributed by atoms with van der Waals surface area (Å²) in [6, 6.07) is 1.18. The lowest BCUT2D eigenvalue weighted by Gasteiger charge is -2.36. The first kappa shape index (κ1) is 15.6. The van der Waals surface area contributed by atoms with Crippen molar-refractivity contribution in [2.45, 2.75) is 57.5 Å². The second kappa shape index (κ2) is 6.79. The van der Waals surface area contributed by atoms with Gasteiger partial charge in [0.2, 0.25) is 0 Å². The Balaban J connectivity index is 2.18.